The summed E-state index contributed by atoms with van der Waals surface area (Å²) in [5.41, 5.74) is 8.22. The number of aromatic nitrogens is 1. The summed E-state index contributed by atoms with van der Waals surface area (Å²) in [4.78, 5) is 31.9. The van der Waals surface area contributed by atoms with Crippen molar-refractivity contribution >= 4 is 17.6 Å². The van der Waals surface area contributed by atoms with Gasteiger partial charge in [-0.15, -0.1) is 0 Å². The zero-order valence-electron chi connectivity index (χ0n) is 18.6. The Bertz CT molecular complexity index is 1150. The maximum Gasteiger partial charge on any atom is 0.255 e. The third kappa shape index (κ3) is 4.87. The van der Waals surface area contributed by atoms with Crippen molar-refractivity contribution in [2.45, 2.75) is 19.8 Å². The number of carbonyl (C=O) groups excluding carboxylic acids is 2. The third-order valence-corrected chi connectivity index (χ3v) is 6.14. The number of nitrogens with zero attached hydrogens (tertiary/aromatic N) is 2. The van der Waals surface area contributed by atoms with Crippen LogP contribution in [0, 0.1) is 11.2 Å². The molecule has 170 valence electrons. The number of hydrogen-bond acceptors (Lipinski definition) is 4. The molecule has 3 aromatic rings. The fraction of sp³-hybridized carbons (Fsp3) is 0.269. The highest BCUT2D eigenvalue weighted by Crippen LogP contribution is 2.36. The smallest absolute Gasteiger partial charge is 0.255 e. The van der Waals surface area contributed by atoms with Gasteiger partial charge in [-0.2, -0.15) is 0 Å². The van der Waals surface area contributed by atoms with Crippen LogP contribution in [0.25, 0.3) is 11.1 Å². The van der Waals surface area contributed by atoms with Crippen LogP contribution in [0.5, 0.6) is 0 Å². The number of carbonyl (C=O) groups is 2. The second-order valence-corrected chi connectivity index (χ2v) is 8.47. The average molecular weight is 447 g/mol. The second-order valence-electron chi connectivity index (χ2n) is 8.47. The van der Waals surface area contributed by atoms with Gasteiger partial charge in [0.05, 0.1) is 11.0 Å². The Morgan fingerprint density at radius 3 is 2.61 bits per heavy atom. The Hall–Kier alpha value is -3.74. The van der Waals surface area contributed by atoms with Crippen LogP contribution in [0.2, 0.25) is 0 Å². The molecule has 2 aromatic carbocycles. The maximum atomic E-state index is 13.3. The molecule has 1 saturated heterocycles. The minimum Gasteiger partial charge on any atom is -0.384 e. The largest absolute Gasteiger partial charge is 0.384 e. The monoisotopic (exact) mass is 446 g/mol. The number of halogens is 1. The molecule has 0 bridgehead atoms. The SMILES string of the molecule is CCNC(=O)[C@]1(Cc2cccc(-c3ccc(F)cc3)c2)CCN(C(=O)c2ccc(N)nc2)C1. The summed E-state index contributed by atoms with van der Waals surface area (Å²) in [6.07, 6.45) is 2.53. The van der Waals surface area contributed by atoms with E-state index in [1.165, 1.54) is 18.3 Å². The highest BCUT2D eigenvalue weighted by Gasteiger charge is 2.46. The minimum absolute atomic E-state index is 0.0529. The van der Waals surface area contributed by atoms with Gasteiger partial charge in [-0.25, -0.2) is 9.37 Å². The van der Waals surface area contributed by atoms with Gasteiger partial charge in [0.1, 0.15) is 11.6 Å². The fourth-order valence-electron chi connectivity index (χ4n) is 4.41. The maximum absolute atomic E-state index is 13.3. The Morgan fingerprint density at radius 1 is 1.12 bits per heavy atom. The van der Waals surface area contributed by atoms with E-state index in [9.17, 15) is 14.0 Å². The van der Waals surface area contributed by atoms with Crippen LogP contribution in [-0.4, -0.2) is 41.3 Å². The van der Waals surface area contributed by atoms with Crippen molar-refractivity contribution in [3.63, 3.8) is 0 Å². The molecule has 1 aliphatic rings. The molecule has 0 unspecified atom stereocenters. The molecule has 7 heteroatoms. The van der Waals surface area contributed by atoms with E-state index in [1.807, 2.05) is 31.2 Å². The van der Waals surface area contributed by atoms with Gasteiger partial charge in [-0.3, -0.25) is 9.59 Å². The molecule has 0 radical (unpaired) electrons. The summed E-state index contributed by atoms with van der Waals surface area (Å²) >= 11 is 0. The van der Waals surface area contributed by atoms with Gasteiger partial charge in [-0.1, -0.05) is 36.4 Å². The van der Waals surface area contributed by atoms with Gasteiger partial charge in [-0.05, 0) is 60.7 Å². The van der Waals surface area contributed by atoms with Gasteiger partial charge in [0.25, 0.3) is 5.91 Å². The molecule has 1 aromatic heterocycles. The Kier molecular flexibility index (Phi) is 6.40. The van der Waals surface area contributed by atoms with Crippen LogP contribution in [0.15, 0.2) is 66.9 Å². The van der Waals surface area contributed by atoms with Gasteiger partial charge < -0.3 is 16.0 Å². The predicted octanol–water partition coefficient (Wildman–Crippen LogP) is 3.68. The lowest BCUT2D eigenvalue weighted by Gasteiger charge is -2.28. The summed E-state index contributed by atoms with van der Waals surface area (Å²) in [7, 11) is 0. The first-order valence-corrected chi connectivity index (χ1v) is 11.0. The van der Waals surface area contributed by atoms with Gasteiger partial charge in [0.15, 0.2) is 0 Å². The first kappa shape index (κ1) is 22.5. The minimum atomic E-state index is -0.728. The quantitative estimate of drug-likeness (QED) is 0.605. The molecular formula is C26H27FN4O2. The third-order valence-electron chi connectivity index (χ3n) is 6.14. The molecule has 1 atom stereocenters. The molecule has 2 amide bonds. The Balaban J connectivity index is 1.59. The molecule has 2 heterocycles. The first-order valence-electron chi connectivity index (χ1n) is 11.0. The first-order chi connectivity index (χ1) is 15.9. The van der Waals surface area contributed by atoms with E-state index in [0.717, 1.165) is 16.7 Å². The predicted molar refractivity (Wildman–Crippen MR) is 126 cm³/mol. The van der Waals surface area contributed by atoms with E-state index in [1.54, 1.807) is 29.2 Å². The summed E-state index contributed by atoms with van der Waals surface area (Å²) in [5, 5.41) is 2.96. The van der Waals surface area contributed by atoms with Gasteiger partial charge in [0.2, 0.25) is 5.91 Å². The number of amides is 2. The molecular weight excluding hydrogens is 419 g/mol. The summed E-state index contributed by atoms with van der Waals surface area (Å²) < 4.78 is 13.3. The molecule has 6 nitrogen and oxygen atoms in total. The van der Waals surface area contributed by atoms with Gasteiger partial charge in [0, 0.05) is 25.8 Å². The topological polar surface area (TPSA) is 88.3 Å². The number of hydrogen-bond donors (Lipinski definition) is 2. The second kappa shape index (κ2) is 9.40. The zero-order valence-corrected chi connectivity index (χ0v) is 18.6. The molecule has 0 spiro atoms. The standard InChI is InChI=1S/C26H27FN4O2/c1-2-29-25(33)26(12-13-31(17-26)24(32)21-8-11-23(28)30-16-21)15-18-4-3-5-20(14-18)19-6-9-22(27)10-7-19/h3-11,14,16H,2,12-13,15,17H2,1H3,(H2,28,30)(H,29,33)/t26-/m0/s1. The number of anilines is 1. The molecule has 0 aliphatic carbocycles. The lowest BCUT2D eigenvalue weighted by molar-refractivity contribution is -0.130. The molecule has 1 aliphatic heterocycles. The number of nitrogen functional groups attached to an aromatic ring is 1. The van der Waals surface area contributed by atoms with Crippen LogP contribution in [0.4, 0.5) is 10.2 Å². The van der Waals surface area contributed by atoms with E-state index in [-0.39, 0.29) is 17.6 Å². The molecule has 33 heavy (non-hydrogen) atoms. The lowest BCUT2D eigenvalue weighted by atomic mass is 9.79. The Morgan fingerprint density at radius 2 is 1.91 bits per heavy atom. The van der Waals surface area contributed by atoms with Crippen LogP contribution >= 0.6 is 0 Å². The van der Waals surface area contributed by atoms with E-state index in [2.05, 4.69) is 10.3 Å². The number of nitrogens with two attached hydrogens (primary N) is 1. The van der Waals surface area contributed by atoms with Crippen molar-refractivity contribution in [1.29, 1.82) is 0 Å². The van der Waals surface area contributed by atoms with Crippen molar-refractivity contribution in [3.8, 4) is 11.1 Å². The number of pyridine rings is 1. The number of likely N-dealkylation sites (tertiary alicyclic amines) is 1. The van der Waals surface area contributed by atoms with Crippen molar-refractivity contribution in [1.82, 2.24) is 15.2 Å². The van der Waals surface area contributed by atoms with Crippen molar-refractivity contribution in [3.05, 3.63) is 83.8 Å². The van der Waals surface area contributed by atoms with Crippen molar-refractivity contribution in [2.75, 3.05) is 25.4 Å². The number of benzene rings is 2. The summed E-state index contributed by atoms with van der Waals surface area (Å²) in [6, 6.07) is 17.5. The number of nitrogens with one attached hydrogen (secondary N) is 1. The highest BCUT2D eigenvalue weighted by molar-refractivity contribution is 5.95. The van der Waals surface area contributed by atoms with Crippen LogP contribution in [0.3, 0.4) is 0 Å². The molecule has 0 saturated carbocycles. The highest BCUT2D eigenvalue weighted by atomic mass is 19.1. The number of rotatable bonds is 6. The summed E-state index contributed by atoms with van der Waals surface area (Å²) in [6.45, 7) is 3.21. The van der Waals surface area contributed by atoms with Crippen LogP contribution in [0.1, 0.15) is 29.3 Å². The molecule has 1 fully saturated rings. The van der Waals surface area contributed by atoms with Gasteiger partial charge >= 0.3 is 0 Å². The van der Waals surface area contributed by atoms with Crippen LogP contribution in [-0.2, 0) is 11.2 Å². The van der Waals surface area contributed by atoms with Crippen molar-refractivity contribution < 1.29 is 14.0 Å². The van der Waals surface area contributed by atoms with Crippen LogP contribution < -0.4 is 11.1 Å². The fourth-order valence-corrected chi connectivity index (χ4v) is 4.41. The molecule has 4 rings (SSSR count). The van der Waals surface area contributed by atoms with E-state index in [4.69, 9.17) is 5.73 Å². The lowest BCUT2D eigenvalue weighted by Crippen LogP contribution is -2.45. The van der Waals surface area contributed by atoms with Crippen molar-refractivity contribution in [2.24, 2.45) is 5.41 Å². The van der Waals surface area contributed by atoms with E-state index >= 15 is 0 Å². The zero-order chi connectivity index (χ0) is 23.4. The van der Waals surface area contributed by atoms with E-state index in [0.29, 0.717) is 43.9 Å². The van der Waals surface area contributed by atoms with E-state index < -0.39 is 5.41 Å². The average Bonchev–Trinajstić information content (AvgIpc) is 3.25. The Labute approximate surface area is 192 Å². The normalized spacial score (nSPS) is 17.7. The summed E-state index contributed by atoms with van der Waals surface area (Å²) in [5.74, 6) is -0.139. The molecule has 3 N–H and O–H groups in total.